The molecule has 212 valence electrons. The van der Waals surface area contributed by atoms with Crippen LogP contribution in [0.4, 0.5) is 10.1 Å². The van der Waals surface area contributed by atoms with Crippen LogP contribution in [-0.4, -0.2) is 42.5 Å². The average Bonchev–Trinajstić information content (AvgIpc) is 3.52. The number of rotatable bonds is 7. The van der Waals surface area contributed by atoms with Crippen LogP contribution in [0, 0.1) is 18.3 Å². The fourth-order valence-corrected chi connectivity index (χ4v) is 5.22. The molecule has 2 aromatic heterocycles. The van der Waals surface area contributed by atoms with Crippen LogP contribution in [-0.2, 0) is 12.2 Å². The van der Waals surface area contributed by atoms with Crippen LogP contribution in [0.25, 0.3) is 10.4 Å². The molecule has 2 N–H and O–H groups in total. The molecule has 10 nitrogen and oxygen atoms in total. The Balaban J connectivity index is 1.76. The van der Waals surface area contributed by atoms with E-state index < -0.39 is 23.0 Å². The Labute approximate surface area is 245 Å². The smallest absolute Gasteiger partial charge is 0.275 e. The van der Waals surface area contributed by atoms with Crippen molar-refractivity contribution in [3.8, 4) is 16.5 Å². The fraction of sp³-hybridized carbons (Fsp3) is 0.321. The SMILES string of the molecule is Cc1cc(C#N)cc(C(=O)NC(C)(C)C)c1NC(=O)c1nc(Cn2nnc(C(C)(C)F)n2)sc1-c1ccccc1Cl. The lowest BCUT2D eigenvalue weighted by Crippen LogP contribution is -2.41. The summed E-state index contributed by atoms with van der Waals surface area (Å²) in [7, 11) is 0. The number of thiazole rings is 1. The third-order valence-electron chi connectivity index (χ3n) is 5.70. The van der Waals surface area contributed by atoms with Crippen LogP contribution in [0.5, 0.6) is 0 Å². The molecule has 0 radical (unpaired) electrons. The number of halogens is 2. The molecule has 13 heteroatoms. The van der Waals surface area contributed by atoms with Gasteiger partial charge in [-0.3, -0.25) is 9.59 Å². The first kappa shape index (κ1) is 29.8. The molecule has 0 saturated heterocycles. The van der Waals surface area contributed by atoms with Gasteiger partial charge in [-0.25, -0.2) is 9.37 Å². The number of benzene rings is 2. The number of nitrogens with zero attached hydrogens (tertiary/aromatic N) is 6. The number of nitriles is 1. The van der Waals surface area contributed by atoms with Gasteiger partial charge < -0.3 is 10.6 Å². The molecule has 0 saturated carbocycles. The summed E-state index contributed by atoms with van der Waals surface area (Å²) in [5.41, 5.74) is -0.468. The number of anilines is 1. The van der Waals surface area contributed by atoms with Gasteiger partial charge in [-0.1, -0.05) is 29.8 Å². The highest BCUT2D eigenvalue weighted by Gasteiger charge is 2.27. The van der Waals surface area contributed by atoms with Crippen molar-refractivity contribution in [2.24, 2.45) is 0 Å². The number of tetrazole rings is 1. The topological polar surface area (TPSA) is 138 Å². The fourth-order valence-electron chi connectivity index (χ4n) is 3.86. The number of carbonyl (C=O) groups is 2. The van der Waals surface area contributed by atoms with E-state index in [0.29, 0.717) is 26.0 Å². The number of alkyl halides is 1. The largest absolute Gasteiger partial charge is 0.347 e. The third kappa shape index (κ3) is 6.93. The van der Waals surface area contributed by atoms with Crippen molar-refractivity contribution < 1.29 is 14.0 Å². The Kier molecular flexibility index (Phi) is 8.24. The number of aromatic nitrogens is 5. The van der Waals surface area contributed by atoms with Gasteiger partial charge in [0.15, 0.2) is 5.67 Å². The maximum atomic E-state index is 14.3. The number of hydrogen-bond acceptors (Lipinski definition) is 8. The second kappa shape index (κ2) is 11.3. The number of nitrogens with one attached hydrogen (secondary N) is 2. The first-order chi connectivity index (χ1) is 19.2. The lowest BCUT2D eigenvalue weighted by Gasteiger charge is -2.22. The molecule has 0 bridgehead atoms. The van der Waals surface area contributed by atoms with Gasteiger partial charge in [0.25, 0.3) is 11.8 Å². The summed E-state index contributed by atoms with van der Waals surface area (Å²) < 4.78 is 14.3. The van der Waals surface area contributed by atoms with Crippen molar-refractivity contribution in [1.29, 1.82) is 5.26 Å². The second-order valence-corrected chi connectivity index (χ2v) is 12.4. The van der Waals surface area contributed by atoms with E-state index in [1.807, 2.05) is 20.8 Å². The van der Waals surface area contributed by atoms with Crippen molar-refractivity contribution in [1.82, 2.24) is 30.5 Å². The van der Waals surface area contributed by atoms with Gasteiger partial charge in [-0.15, -0.1) is 21.5 Å². The van der Waals surface area contributed by atoms with Crippen LogP contribution in [0.3, 0.4) is 0 Å². The normalized spacial score (nSPS) is 11.7. The van der Waals surface area contributed by atoms with Crippen LogP contribution in [0.2, 0.25) is 5.02 Å². The van der Waals surface area contributed by atoms with E-state index in [-0.39, 0.29) is 34.9 Å². The second-order valence-electron chi connectivity index (χ2n) is 10.9. The third-order valence-corrected chi connectivity index (χ3v) is 7.11. The maximum absolute atomic E-state index is 14.3. The zero-order chi connectivity index (χ0) is 30.1. The minimum Gasteiger partial charge on any atom is -0.347 e. The van der Waals surface area contributed by atoms with E-state index in [4.69, 9.17) is 11.6 Å². The Bertz CT molecular complexity index is 1680. The highest BCUT2D eigenvalue weighted by molar-refractivity contribution is 7.15. The highest BCUT2D eigenvalue weighted by Crippen LogP contribution is 2.36. The predicted molar refractivity (Wildman–Crippen MR) is 155 cm³/mol. The molecule has 4 aromatic rings. The molecule has 0 fully saturated rings. The number of hydrogen-bond donors (Lipinski definition) is 2. The molecule has 41 heavy (non-hydrogen) atoms. The minimum atomic E-state index is -1.77. The number of amides is 2. The maximum Gasteiger partial charge on any atom is 0.275 e. The zero-order valence-electron chi connectivity index (χ0n) is 23.3. The molecular weight excluding hydrogens is 567 g/mol. The van der Waals surface area contributed by atoms with Crippen LogP contribution in [0.1, 0.15) is 77.4 Å². The van der Waals surface area contributed by atoms with Gasteiger partial charge in [-0.05, 0) is 70.5 Å². The summed E-state index contributed by atoms with van der Waals surface area (Å²) in [6.45, 7) is 9.89. The molecule has 0 atom stereocenters. The van der Waals surface area contributed by atoms with E-state index >= 15 is 0 Å². The van der Waals surface area contributed by atoms with E-state index in [0.717, 1.165) is 0 Å². The van der Waals surface area contributed by atoms with E-state index in [2.05, 4.69) is 37.1 Å². The van der Waals surface area contributed by atoms with Gasteiger partial charge in [0.2, 0.25) is 5.82 Å². The summed E-state index contributed by atoms with van der Waals surface area (Å²) >= 11 is 7.69. The van der Waals surface area contributed by atoms with Crippen molar-refractivity contribution in [3.05, 3.63) is 74.6 Å². The van der Waals surface area contributed by atoms with Crippen molar-refractivity contribution >= 4 is 40.4 Å². The molecule has 2 amide bonds. The van der Waals surface area contributed by atoms with E-state index in [9.17, 15) is 19.2 Å². The Morgan fingerprint density at radius 3 is 2.46 bits per heavy atom. The molecule has 2 heterocycles. The van der Waals surface area contributed by atoms with Crippen LogP contribution < -0.4 is 10.6 Å². The average molecular weight is 595 g/mol. The number of carbonyl (C=O) groups excluding carboxylic acids is 2. The van der Waals surface area contributed by atoms with Crippen molar-refractivity contribution in [2.75, 3.05) is 5.32 Å². The van der Waals surface area contributed by atoms with E-state index in [1.165, 1.54) is 36.0 Å². The van der Waals surface area contributed by atoms with Gasteiger partial charge in [0.05, 0.1) is 27.8 Å². The molecule has 0 spiro atoms. The predicted octanol–water partition coefficient (Wildman–Crippen LogP) is 5.66. The standard InChI is InChI=1S/C28H28ClFN8O2S/c1-15-11-16(13-31)12-18(24(39)34-27(2,3)4)21(15)33-25(40)22-23(17-9-7-8-10-19(17)29)41-20(32-22)14-38-36-26(35-37-38)28(5,6)30/h7-12H,14H2,1-6H3,(H,33,40)(H,34,39). The molecule has 2 aromatic carbocycles. The first-order valence-electron chi connectivity index (χ1n) is 12.6. The molecule has 0 aliphatic rings. The molecular formula is C28H28ClFN8O2S. The summed E-state index contributed by atoms with van der Waals surface area (Å²) in [4.78, 5) is 33.2. The lowest BCUT2D eigenvalue weighted by molar-refractivity contribution is 0.0920. The van der Waals surface area contributed by atoms with E-state index in [1.54, 1.807) is 37.3 Å². The Morgan fingerprint density at radius 2 is 1.85 bits per heavy atom. The first-order valence-corrected chi connectivity index (χ1v) is 13.8. The monoisotopic (exact) mass is 594 g/mol. The van der Waals surface area contributed by atoms with Gasteiger partial charge in [-0.2, -0.15) is 10.1 Å². The molecule has 0 unspecified atom stereocenters. The summed E-state index contributed by atoms with van der Waals surface area (Å²) in [5.74, 6) is -1.10. The minimum absolute atomic E-state index is 0.0353. The Morgan fingerprint density at radius 1 is 1.15 bits per heavy atom. The quantitative estimate of drug-likeness (QED) is 0.281. The Hall–Kier alpha value is -4.21. The molecule has 0 aliphatic carbocycles. The lowest BCUT2D eigenvalue weighted by atomic mass is 10.0. The number of aryl methyl sites for hydroxylation is 1. The van der Waals surface area contributed by atoms with Crippen LogP contribution >= 0.6 is 22.9 Å². The summed E-state index contributed by atoms with van der Waals surface area (Å²) in [6, 6.07) is 12.1. The summed E-state index contributed by atoms with van der Waals surface area (Å²) in [6.07, 6.45) is 0. The summed E-state index contributed by atoms with van der Waals surface area (Å²) in [5, 5.41) is 27.8. The van der Waals surface area contributed by atoms with Gasteiger partial charge >= 0.3 is 0 Å². The molecule has 4 rings (SSSR count). The molecule has 0 aliphatic heterocycles. The highest BCUT2D eigenvalue weighted by atomic mass is 35.5. The van der Waals surface area contributed by atoms with Crippen molar-refractivity contribution in [2.45, 2.75) is 59.3 Å². The van der Waals surface area contributed by atoms with Crippen LogP contribution in [0.15, 0.2) is 36.4 Å². The zero-order valence-corrected chi connectivity index (χ0v) is 24.9. The van der Waals surface area contributed by atoms with Crippen molar-refractivity contribution in [3.63, 3.8) is 0 Å². The van der Waals surface area contributed by atoms with Gasteiger partial charge in [0, 0.05) is 16.1 Å². The van der Waals surface area contributed by atoms with Gasteiger partial charge in [0.1, 0.15) is 17.2 Å².